The van der Waals surface area contributed by atoms with Gasteiger partial charge in [-0.15, -0.1) is 0 Å². The lowest BCUT2D eigenvalue weighted by atomic mass is 10.2. The van der Waals surface area contributed by atoms with Crippen LogP contribution in [-0.4, -0.2) is 12.4 Å². The van der Waals surface area contributed by atoms with E-state index in [2.05, 4.69) is 0 Å². The number of carbonyl (C=O) groups excluding carboxylic acids is 1. The number of carbonyl (C=O) groups is 1. The van der Waals surface area contributed by atoms with Gasteiger partial charge in [-0.05, 0) is 36.8 Å². The second-order valence-corrected chi connectivity index (χ2v) is 4.55. The lowest BCUT2D eigenvalue weighted by Gasteiger charge is -2.08. The first-order chi connectivity index (χ1) is 9.74. The zero-order chi connectivity index (χ0) is 14.2. The molecule has 20 heavy (non-hydrogen) atoms. The Hall–Kier alpha value is -2.29. The topological polar surface area (TPSA) is 35.5 Å². The third-order valence-electron chi connectivity index (χ3n) is 2.79. The van der Waals surface area contributed by atoms with Gasteiger partial charge in [-0.25, -0.2) is 0 Å². The van der Waals surface area contributed by atoms with Gasteiger partial charge in [-0.2, -0.15) is 0 Å². The fourth-order valence-corrected chi connectivity index (χ4v) is 1.69. The number of benzene rings is 2. The molecule has 0 fully saturated rings. The Bertz CT molecular complexity index is 532. The first-order valence-electron chi connectivity index (χ1n) is 6.63. The Morgan fingerprint density at radius 2 is 1.50 bits per heavy atom. The highest BCUT2D eigenvalue weighted by atomic mass is 16.5. The molecule has 0 amide bonds. The summed E-state index contributed by atoms with van der Waals surface area (Å²) in [5.41, 5.74) is 1.13. The highest BCUT2D eigenvalue weighted by molar-refractivity contribution is 5.75. The van der Waals surface area contributed by atoms with Crippen LogP contribution in [0, 0.1) is 0 Å². The van der Waals surface area contributed by atoms with Gasteiger partial charge in [0.05, 0.1) is 6.61 Å². The quantitative estimate of drug-likeness (QED) is 0.770. The van der Waals surface area contributed by atoms with Crippen LogP contribution in [0.4, 0.5) is 0 Å². The SMILES string of the molecule is CC(=O)CCOc1ccc(OCc2ccccc2)cc1. The lowest BCUT2D eigenvalue weighted by Crippen LogP contribution is -2.02. The molecular weight excluding hydrogens is 252 g/mol. The maximum Gasteiger partial charge on any atom is 0.133 e. The van der Waals surface area contributed by atoms with Crippen LogP contribution in [0.2, 0.25) is 0 Å². The molecule has 2 aromatic carbocycles. The number of hydrogen-bond acceptors (Lipinski definition) is 3. The monoisotopic (exact) mass is 270 g/mol. The van der Waals surface area contributed by atoms with E-state index < -0.39 is 0 Å². The van der Waals surface area contributed by atoms with E-state index in [0.717, 1.165) is 17.1 Å². The number of Topliss-reactive ketones (excluding diaryl/α,β-unsaturated/α-hetero) is 1. The van der Waals surface area contributed by atoms with Gasteiger partial charge in [0.15, 0.2) is 0 Å². The minimum atomic E-state index is 0.132. The summed E-state index contributed by atoms with van der Waals surface area (Å²) >= 11 is 0. The average molecular weight is 270 g/mol. The van der Waals surface area contributed by atoms with E-state index in [0.29, 0.717) is 19.6 Å². The van der Waals surface area contributed by atoms with Crippen LogP contribution in [0.1, 0.15) is 18.9 Å². The molecule has 0 saturated heterocycles. The van der Waals surface area contributed by atoms with Crippen LogP contribution in [0.3, 0.4) is 0 Å². The third kappa shape index (κ3) is 4.76. The molecule has 0 atom stereocenters. The van der Waals surface area contributed by atoms with Gasteiger partial charge >= 0.3 is 0 Å². The summed E-state index contributed by atoms with van der Waals surface area (Å²) in [6, 6.07) is 17.4. The second-order valence-electron chi connectivity index (χ2n) is 4.55. The lowest BCUT2D eigenvalue weighted by molar-refractivity contribution is -0.117. The Labute approximate surface area is 119 Å². The molecule has 0 aliphatic heterocycles. The standard InChI is InChI=1S/C17H18O3/c1-14(18)11-12-19-16-7-9-17(10-8-16)20-13-15-5-3-2-4-6-15/h2-10H,11-13H2,1H3. The van der Waals surface area contributed by atoms with Crippen LogP contribution in [-0.2, 0) is 11.4 Å². The molecule has 0 N–H and O–H groups in total. The molecule has 3 nitrogen and oxygen atoms in total. The molecular formula is C17H18O3. The summed E-state index contributed by atoms with van der Waals surface area (Å²) in [4.78, 5) is 10.8. The maximum absolute atomic E-state index is 10.8. The molecule has 0 heterocycles. The first-order valence-corrected chi connectivity index (χ1v) is 6.63. The maximum atomic E-state index is 10.8. The van der Waals surface area contributed by atoms with E-state index in [-0.39, 0.29) is 5.78 Å². The summed E-state index contributed by atoms with van der Waals surface area (Å²) in [5, 5.41) is 0. The largest absolute Gasteiger partial charge is 0.493 e. The Kier molecular flexibility index (Phi) is 5.18. The number of rotatable bonds is 7. The minimum Gasteiger partial charge on any atom is -0.493 e. The summed E-state index contributed by atoms with van der Waals surface area (Å²) in [6.07, 6.45) is 0.437. The van der Waals surface area contributed by atoms with Gasteiger partial charge in [0, 0.05) is 6.42 Å². The highest BCUT2D eigenvalue weighted by Gasteiger charge is 1.99. The smallest absolute Gasteiger partial charge is 0.133 e. The normalized spacial score (nSPS) is 10.1. The third-order valence-corrected chi connectivity index (χ3v) is 2.79. The van der Waals surface area contributed by atoms with Crippen molar-refractivity contribution in [1.29, 1.82) is 0 Å². The van der Waals surface area contributed by atoms with Gasteiger partial charge in [0.2, 0.25) is 0 Å². The second kappa shape index (κ2) is 7.34. The van der Waals surface area contributed by atoms with Crippen molar-refractivity contribution in [2.75, 3.05) is 6.61 Å². The van der Waals surface area contributed by atoms with E-state index >= 15 is 0 Å². The van der Waals surface area contributed by atoms with E-state index in [1.54, 1.807) is 6.92 Å². The molecule has 104 valence electrons. The molecule has 0 aliphatic rings. The van der Waals surface area contributed by atoms with Crippen molar-refractivity contribution in [2.45, 2.75) is 20.0 Å². The molecule has 3 heteroatoms. The van der Waals surface area contributed by atoms with Crippen molar-refractivity contribution in [1.82, 2.24) is 0 Å². The van der Waals surface area contributed by atoms with Crippen molar-refractivity contribution in [3.63, 3.8) is 0 Å². The zero-order valence-electron chi connectivity index (χ0n) is 11.5. The number of ketones is 1. The summed E-state index contributed by atoms with van der Waals surface area (Å²) < 4.78 is 11.1. The molecule has 0 spiro atoms. The Balaban J connectivity index is 1.81. The Morgan fingerprint density at radius 1 is 0.900 bits per heavy atom. The minimum absolute atomic E-state index is 0.132. The van der Waals surface area contributed by atoms with E-state index in [1.807, 2.05) is 54.6 Å². The van der Waals surface area contributed by atoms with Gasteiger partial charge < -0.3 is 9.47 Å². The molecule has 0 aromatic heterocycles. The van der Waals surface area contributed by atoms with Crippen molar-refractivity contribution in [2.24, 2.45) is 0 Å². The number of hydrogen-bond donors (Lipinski definition) is 0. The molecule has 2 rings (SSSR count). The van der Waals surface area contributed by atoms with E-state index in [1.165, 1.54) is 0 Å². The van der Waals surface area contributed by atoms with Crippen molar-refractivity contribution < 1.29 is 14.3 Å². The van der Waals surface area contributed by atoms with Gasteiger partial charge in [-0.1, -0.05) is 30.3 Å². The Morgan fingerprint density at radius 3 is 2.10 bits per heavy atom. The van der Waals surface area contributed by atoms with Crippen LogP contribution in [0.5, 0.6) is 11.5 Å². The van der Waals surface area contributed by atoms with E-state index in [9.17, 15) is 4.79 Å². The van der Waals surface area contributed by atoms with Crippen molar-refractivity contribution in [3.8, 4) is 11.5 Å². The van der Waals surface area contributed by atoms with Gasteiger partial charge in [-0.3, -0.25) is 4.79 Å². The van der Waals surface area contributed by atoms with Crippen LogP contribution in [0.15, 0.2) is 54.6 Å². The molecule has 0 saturated carbocycles. The predicted octanol–water partition coefficient (Wildman–Crippen LogP) is 3.62. The fraction of sp³-hybridized carbons (Fsp3) is 0.235. The average Bonchev–Trinajstić information content (AvgIpc) is 2.47. The van der Waals surface area contributed by atoms with Crippen LogP contribution in [0.25, 0.3) is 0 Å². The summed E-state index contributed by atoms with van der Waals surface area (Å²) in [7, 11) is 0. The molecule has 0 aliphatic carbocycles. The van der Waals surface area contributed by atoms with E-state index in [4.69, 9.17) is 9.47 Å². The van der Waals surface area contributed by atoms with Crippen molar-refractivity contribution >= 4 is 5.78 Å². The predicted molar refractivity (Wildman–Crippen MR) is 78.0 cm³/mol. The zero-order valence-corrected chi connectivity index (χ0v) is 11.5. The molecule has 2 aromatic rings. The van der Waals surface area contributed by atoms with Gasteiger partial charge in [0.1, 0.15) is 23.9 Å². The van der Waals surface area contributed by atoms with Crippen LogP contribution < -0.4 is 9.47 Å². The fourth-order valence-electron chi connectivity index (χ4n) is 1.69. The molecule has 0 unspecified atom stereocenters. The highest BCUT2D eigenvalue weighted by Crippen LogP contribution is 2.18. The van der Waals surface area contributed by atoms with Gasteiger partial charge in [0.25, 0.3) is 0 Å². The van der Waals surface area contributed by atoms with Crippen molar-refractivity contribution in [3.05, 3.63) is 60.2 Å². The summed E-state index contributed by atoms with van der Waals surface area (Å²) in [5.74, 6) is 1.68. The first kappa shape index (κ1) is 14.1. The molecule has 0 bridgehead atoms. The molecule has 0 radical (unpaired) electrons. The van der Waals surface area contributed by atoms with Crippen LogP contribution >= 0.6 is 0 Å². The summed E-state index contributed by atoms with van der Waals surface area (Å²) in [6.45, 7) is 2.52. The number of ether oxygens (including phenoxy) is 2.